The molecule has 0 aromatic heterocycles. The maximum Gasteiger partial charge on any atom is 0.0824 e. The molecule has 1 unspecified atom stereocenters. The van der Waals surface area contributed by atoms with E-state index in [0.717, 1.165) is 19.4 Å². The van der Waals surface area contributed by atoms with Crippen LogP contribution < -0.4 is 0 Å². The van der Waals surface area contributed by atoms with Gasteiger partial charge in [0.25, 0.3) is 0 Å². The number of rotatable bonds is 22. The van der Waals surface area contributed by atoms with Gasteiger partial charge < -0.3 is 4.74 Å². The van der Waals surface area contributed by atoms with Crippen LogP contribution in [-0.2, 0) is 4.74 Å². The van der Waals surface area contributed by atoms with E-state index >= 15 is 0 Å². The summed E-state index contributed by atoms with van der Waals surface area (Å²) in [5.74, 6) is 0. The zero-order valence-corrected chi connectivity index (χ0v) is 22.3. The molecule has 0 N–H and O–H groups in total. The van der Waals surface area contributed by atoms with Crippen LogP contribution in [0.4, 0.5) is 0 Å². The number of hydrogen-bond acceptors (Lipinski definition) is 1. The van der Waals surface area contributed by atoms with Gasteiger partial charge >= 0.3 is 0 Å². The van der Waals surface area contributed by atoms with Gasteiger partial charge in [-0.15, -0.1) is 0 Å². The first-order chi connectivity index (χ1) is 15.7. The molecular weight excluding hydrogens is 388 g/mol. The van der Waals surface area contributed by atoms with Crippen molar-refractivity contribution in [1.82, 2.24) is 0 Å². The van der Waals surface area contributed by atoms with E-state index in [0.29, 0.717) is 5.41 Å². The monoisotopic (exact) mass is 444 g/mol. The predicted molar refractivity (Wildman–Crippen MR) is 143 cm³/mol. The molecule has 0 saturated carbocycles. The Morgan fingerprint density at radius 2 is 1.09 bits per heavy atom. The average Bonchev–Trinajstić information content (AvgIpc) is 2.83. The first-order valence-corrected chi connectivity index (χ1v) is 14.4. The van der Waals surface area contributed by atoms with Crippen LogP contribution in [0.1, 0.15) is 155 Å². The molecule has 0 saturated heterocycles. The highest BCUT2D eigenvalue weighted by Crippen LogP contribution is 2.41. The Hall–Kier alpha value is -0.820. The summed E-state index contributed by atoms with van der Waals surface area (Å²) in [6.45, 7) is 10.2. The quantitative estimate of drug-likeness (QED) is 0.162. The van der Waals surface area contributed by atoms with E-state index < -0.39 is 0 Å². The van der Waals surface area contributed by atoms with Crippen molar-refractivity contribution in [1.29, 1.82) is 0 Å². The molecule has 0 aliphatic carbocycles. The normalized spacial score (nSPS) is 12.9. The summed E-state index contributed by atoms with van der Waals surface area (Å²) < 4.78 is 6.16. The highest BCUT2D eigenvalue weighted by Gasteiger charge is 2.27. The third-order valence-corrected chi connectivity index (χ3v) is 7.30. The zero-order chi connectivity index (χ0) is 23.3. The molecule has 1 atom stereocenters. The van der Waals surface area contributed by atoms with Gasteiger partial charge in [0, 0.05) is 6.61 Å². The van der Waals surface area contributed by atoms with Crippen LogP contribution in [0.3, 0.4) is 0 Å². The fourth-order valence-corrected chi connectivity index (χ4v) is 5.22. The topological polar surface area (TPSA) is 9.23 Å². The van der Waals surface area contributed by atoms with Gasteiger partial charge in [0.05, 0.1) is 6.10 Å². The molecule has 0 fully saturated rings. The van der Waals surface area contributed by atoms with Gasteiger partial charge in [-0.05, 0) is 49.5 Å². The molecular formula is C31H56O. The maximum absolute atomic E-state index is 6.16. The van der Waals surface area contributed by atoms with E-state index in [-0.39, 0.29) is 6.10 Å². The molecule has 0 heterocycles. The lowest BCUT2D eigenvalue weighted by Crippen LogP contribution is -2.21. The zero-order valence-electron chi connectivity index (χ0n) is 22.3. The molecule has 0 aliphatic heterocycles. The van der Waals surface area contributed by atoms with Crippen LogP contribution in [0.2, 0.25) is 0 Å². The van der Waals surface area contributed by atoms with Crippen LogP contribution in [0.25, 0.3) is 0 Å². The van der Waals surface area contributed by atoms with Crippen LogP contribution in [0, 0.1) is 5.41 Å². The van der Waals surface area contributed by atoms with E-state index in [1.54, 1.807) is 0 Å². The molecule has 0 aliphatic rings. The van der Waals surface area contributed by atoms with Gasteiger partial charge in [0.1, 0.15) is 0 Å². The SMILES string of the molecule is CCCCC(CCCC)(CCCC)CCCCCCCCC(OCCC)c1ccccc1. The summed E-state index contributed by atoms with van der Waals surface area (Å²) in [6, 6.07) is 10.8. The van der Waals surface area contributed by atoms with Crippen LogP contribution in [0.15, 0.2) is 30.3 Å². The van der Waals surface area contributed by atoms with Gasteiger partial charge in [0.15, 0.2) is 0 Å². The van der Waals surface area contributed by atoms with Crippen molar-refractivity contribution in [3.05, 3.63) is 35.9 Å². The van der Waals surface area contributed by atoms with Gasteiger partial charge in [-0.1, -0.05) is 135 Å². The third-order valence-electron chi connectivity index (χ3n) is 7.30. The molecule has 0 radical (unpaired) electrons. The highest BCUT2D eigenvalue weighted by atomic mass is 16.5. The molecule has 0 spiro atoms. The fraction of sp³-hybridized carbons (Fsp3) is 0.806. The summed E-state index contributed by atoms with van der Waals surface area (Å²) in [4.78, 5) is 0. The molecule has 1 rings (SSSR count). The Morgan fingerprint density at radius 1 is 0.594 bits per heavy atom. The Balaban J connectivity index is 2.32. The summed E-state index contributed by atoms with van der Waals surface area (Å²) in [5.41, 5.74) is 2.00. The van der Waals surface area contributed by atoms with E-state index in [4.69, 9.17) is 4.74 Å². The molecule has 0 bridgehead atoms. The van der Waals surface area contributed by atoms with Crippen LogP contribution in [-0.4, -0.2) is 6.61 Å². The van der Waals surface area contributed by atoms with Crippen molar-refractivity contribution in [3.63, 3.8) is 0 Å². The van der Waals surface area contributed by atoms with Crippen molar-refractivity contribution < 1.29 is 4.74 Å². The number of unbranched alkanes of at least 4 members (excludes halogenated alkanes) is 8. The number of ether oxygens (including phenoxy) is 1. The number of hydrogen-bond donors (Lipinski definition) is 0. The lowest BCUT2D eigenvalue weighted by Gasteiger charge is -2.35. The molecule has 1 nitrogen and oxygen atoms in total. The summed E-state index contributed by atoms with van der Waals surface area (Å²) in [7, 11) is 0. The standard InChI is InChI=1S/C31H56O/c1-5-9-24-31(25-10-6-2,26-11-7-3)27-20-15-13-12-14-19-23-30(32-28-8-4)29-21-17-16-18-22-29/h16-18,21-22,30H,5-15,19-20,23-28H2,1-4H3. The van der Waals surface area contributed by atoms with Crippen LogP contribution in [0.5, 0.6) is 0 Å². The Morgan fingerprint density at radius 3 is 1.62 bits per heavy atom. The first-order valence-electron chi connectivity index (χ1n) is 14.4. The third kappa shape index (κ3) is 13.0. The molecule has 1 aromatic carbocycles. The average molecular weight is 445 g/mol. The summed E-state index contributed by atoms with van der Waals surface area (Å²) in [5, 5.41) is 0. The number of benzene rings is 1. The highest BCUT2D eigenvalue weighted by molar-refractivity contribution is 5.17. The second kappa shape index (κ2) is 19.6. The van der Waals surface area contributed by atoms with E-state index in [9.17, 15) is 0 Å². The minimum atomic E-state index is 0.285. The Labute approximate surface area is 202 Å². The van der Waals surface area contributed by atoms with Crippen molar-refractivity contribution >= 4 is 0 Å². The second-order valence-electron chi connectivity index (χ2n) is 10.2. The fourth-order valence-electron chi connectivity index (χ4n) is 5.22. The maximum atomic E-state index is 6.16. The van der Waals surface area contributed by atoms with Crippen molar-refractivity contribution in [3.8, 4) is 0 Å². The Bertz CT molecular complexity index is 487. The lowest BCUT2D eigenvalue weighted by atomic mass is 9.71. The second-order valence-corrected chi connectivity index (χ2v) is 10.2. The van der Waals surface area contributed by atoms with E-state index in [1.165, 1.54) is 108 Å². The first kappa shape index (κ1) is 29.2. The molecule has 186 valence electrons. The minimum Gasteiger partial charge on any atom is -0.374 e. The van der Waals surface area contributed by atoms with Gasteiger partial charge in [-0.3, -0.25) is 0 Å². The van der Waals surface area contributed by atoms with Crippen molar-refractivity contribution in [2.75, 3.05) is 6.61 Å². The Kier molecular flexibility index (Phi) is 17.9. The predicted octanol–water partition coefficient (Wildman–Crippen LogP) is 10.8. The van der Waals surface area contributed by atoms with Gasteiger partial charge in [-0.2, -0.15) is 0 Å². The summed E-state index contributed by atoms with van der Waals surface area (Å²) in [6.07, 6.45) is 25.1. The van der Waals surface area contributed by atoms with E-state index in [2.05, 4.69) is 58.0 Å². The van der Waals surface area contributed by atoms with Crippen LogP contribution >= 0.6 is 0 Å². The molecule has 0 amide bonds. The van der Waals surface area contributed by atoms with Crippen molar-refractivity contribution in [2.45, 2.75) is 149 Å². The largest absolute Gasteiger partial charge is 0.374 e. The lowest BCUT2D eigenvalue weighted by molar-refractivity contribution is 0.0451. The summed E-state index contributed by atoms with van der Waals surface area (Å²) >= 11 is 0. The molecule has 32 heavy (non-hydrogen) atoms. The van der Waals surface area contributed by atoms with Crippen molar-refractivity contribution in [2.24, 2.45) is 5.41 Å². The van der Waals surface area contributed by atoms with E-state index in [1.807, 2.05) is 0 Å². The molecule has 1 aromatic rings. The molecule has 1 heteroatoms. The minimum absolute atomic E-state index is 0.285. The smallest absolute Gasteiger partial charge is 0.0824 e. The van der Waals surface area contributed by atoms with Gasteiger partial charge in [0.2, 0.25) is 0 Å². The van der Waals surface area contributed by atoms with Gasteiger partial charge in [-0.25, -0.2) is 0 Å².